The third-order valence-electron chi connectivity index (χ3n) is 3.38. The van der Waals surface area contributed by atoms with E-state index in [4.69, 9.17) is 4.74 Å². The van der Waals surface area contributed by atoms with E-state index in [1.807, 2.05) is 31.2 Å². The van der Waals surface area contributed by atoms with Gasteiger partial charge in [-0.25, -0.2) is 0 Å². The predicted octanol–water partition coefficient (Wildman–Crippen LogP) is 3.14. The number of ether oxygens (including phenoxy) is 1. The van der Waals surface area contributed by atoms with Gasteiger partial charge >= 0.3 is 0 Å². The molecular weight excluding hydrogens is 224 g/mol. The van der Waals surface area contributed by atoms with E-state index in [0.717, 1.165) is 24.4 Å². The molecule has 96 valence electrons. The number of nitriles is 1. The average Bonchev–Trinajstić information content (AvgIpc) is 2.43. The average molecular weight is 244 g/mol. The molecule has 0 saturated carbocycles. The highest BCUT2D eigenvalue weighted by atomic mass is 16.5. The third kappa shape index (κ3) is 3.02. The van der Waals surface area contributed by atoms with Crippen LogP contribution in [0.1, 0.15) is 37.8 Å². The first-order valence-electron chi connectivity index (χ1n) is 6.71. The van der Waals surface area contributed by atoms with Gasteiger partial charge in [-0.2, -0.15) is 5.26 Å². The fraction of sp³-hybridized carbons (Fsp3) is 0.533. The molecule has 2 rings (SSSR count). The van der Waals surface area contributed by atoms with Gasteiger partial charge in [-0.15, -0.1) is 0 Å². The number of piperidine rings is 1. The van der Waals surface area contributed by atoms with Gasteiger partial charge in [0.1, 0.15) is 11.8 Å². The summed E-state index contributed by atoms with van der Waals surface area (Å²) in [6, 6.07) is 10.2. The van der Waals surface area contributed by atoms with Crippen LogP contribution in [0.25, 0.3) is 0 Å². The van der Waals surface area contributed by atoms with Gasteiger partial charge in [0, 0.05) is 0 Å². The van der Waals surface area contributed by atoms with Crippen LogP contribution in [-0.4, -0.2) is 24.6 Å². The minimum atomic E-state index is -0.110. The van der Waals surface area contributed by atoms with Gasteiger partial charge in [0.15, 0.2) is 0 Å². The van der Waals surface area contributed by atoms with Gasteiger partial charge in [0.05, 0.1) is 12.7 Å². The fourth-order valence-corrected chi connectivity index (χ4v) is 2.46. The quantitative estimate of drug-likeness (QED) is 0.816. The lowest BCUT2D eigenvalue weighted by Crippen LogP contribution is -2.33. The van der Waals surface area contributed by atoms with E-state index in [1.54, 1.807) is 0 Å². The zero-order valence-corrected chi connectivity index (χ0v) is 10.9. The summed E-state index contributed by atoms with van der Waals surface area (Å²) in [5, 5.41) is 9.38. The smallest absolute Gasteiger partial charge is 0.123 e. The first kappa shape index (κ1) is 12.9. The highest BCUT2D eigenvalue weighted by molar-refractivity contribution is 5.31. The molecule has 0 aliphatic carbocycles. The highest BCUT2D eigenvalue weighted by Crippen LogP contribution is 2.25. The first-order chi connectivity index (χ1) is 8.85. The molecular formula is C15H20N2O. The van der Waals surface area contributed by atoms with E-state index >= 15 is 0 Å². The van der Waals surface area contributed by atoms with Crippen molar-refractivity contribution >= 4 is 0 Å². The molecule has 1 heterocycles. The van der Waals surface area contributed by atoms with Crippen molar-refractivity contribution in [1.82, 2.24) is 4.90 Å². The zero-order valence-electron chi connectivity index (χ0n) is 10.9. The molecule has 1 saturated heterocycles. The van der Waals surface area contributed by atoms with Crippen molar-refractivity contribution in [2.45, 2.75) is 32.2 Å². The van der Waals surface area contributed by atoms with Gasteiger partial charge in [-0.05, 0) is 50.6 Å². The maximum atomic E-state index is 9.38. The lowest BCUT2D eigenvalue weighted by Gasteiger charge is -2.30. The normalized spacial score (nSPS) is 18.0. The molecule has 18 heavy (non-hydrogen) atoms. The van der Waals surface area contributed by atoms with Gasteiger partial charge in [-0.3, -0.25) is 4.90 Å². The number of hydrogen-bond acceptors (Lipinski definition) is 3. The van der Waals surface area contributed by atoms with Crippen LogP contribution in [0.5, 0.6) is 5.75 Å². The molecule has 1 aromatic rings. The summed E-state index contributed by atoms with van der Waals surface area (Å²) >= 11 is 0. The lowest BCUT2D eigenvalue weighted by molar-refractivity contribution is 0.196. The van der Waals surface area contributed by atoms with Crippen molar-refractivity contribution in [1.29, 1.82) is 5.26 Å². The van der Waals surface area contributed by atoms with Crippen LogP contribution in [-0.2, 0) is 0 Å². The molecule has 1 unspecified atom stereocenters. The highest BCUT2D eigenvalue weighted by Gasteiger charge is 2.21. The fourth-order valence-electron chi connectivity index (χ4n) is 2.46. The molecule has 0 N–H and O–H groups in total. The van der Waals surface area contributed by atoms with Crippen molar-refractivity contribution in [2.75, 3.05) is 19.7 Å². The van der Waals surface area contributed by atoms with Crippen LogP contribution in [0.3, 0.4) is 0 Å². The van der Waals surface area contributed by atoms with E-state index in [-0.39, 0.29) is 6.04 Å². The van der Waals surface area contributed by atoms with E-state index in [9.17, 15) is 5.26 Å². The Morgan fingerprint density at radius 3 is 2.44 bits per heavy atom. The van der Waals surface area contributed by atoms with E-state index in [1.165, 1.54) is 19.3 Å². The molecule has 1 atom stereocenters. The Hall–Kier alpha value is -1.53. The zero-order chi connectivity index (χ0) is 12.8. The second kappa shape index (κ2) is 6.42. The summed E-state index contributed by atoms with van der Waals surface area (Å²) < 4.78 is 5.42. The van der Waals surface area contributed by atoms with E-state index in [0.29, 0.717) is 6.61 Å². The second-order valence-electron chi connectivity index (χ2n) is 4.63. The SMILES string of the molecule is CCOc1ccc(C(C#N)N2CCCCC2)cc1. The predicted molar refractivity (Wildman–Crippen MR) is 71.4 cm³/mol. The Morgan fingerprint density at radius 2 is 1.89 bits per heavy atom. The Balaban J connectivity index is 2.09. The van der Waals surface area contributed by atoms with Gasteiger partial charge in [0.2, 0.25) is 0 Å². The number of hydrogen-bond donors (Lipinski definition) is 0. The summed E-state index contributed by atoms with van der Waals surface area (Å²) in [6.07, 6.45) is 3.70. The second-order valence-corrected chi connectivity index (χ2v) is 4.63. The van der Waals surface area contributed by atoms with Crippen molar-refractivity contribution in [3.63, 3.8) is 0 Å². The number of rotatable bonds is 4. The largest absolute Gasteiger partial charge is 0.494 e. The van der Waals surface area contributed by atoms with E-state index < -0.39 is 0 Å². The Morgan fingerprint density at radius 1 is 1.22 bits per heavy atom. The van der Waals surface area contributed by atoms with Crippen molar-refractivity contribution in [3.05, 3.63) is 29.8 Å². The third-order valence-corrected chi connectivity index (χ3v) is 3.38. The molecule has 1 aliphatic heterocycles. The lowest BCUT2D eigenvalue weighted by atomic mass is 10.0. The van der Waals surface area contributed by atoms with Crippen LogP contribution in [0.2, 0.25) is 0 Å². The molecule has 1 aromatic carbocycles. The van der Waals surface area contributed by atoms with Crippen molar-refractivity contribution in [2.24, 2.45) is 0 Å². The van der Waals surface area contributed by atoms with Crippen LogP contribution < -0.4 is 4.74 Å². The molecule has 1 fully saturated rings. The molecule has 0 radical (unpaired) electrons. The van der Waals surface area contributed by atoms with Gasteiger partial charge in [-0.1, -0.05) is 18.6 Å². The maximum absolute atomic E-state index is 9.38. The van der Waals surface area contributed by atoms with E-state index in [2.05, 4.69) is 11.0 Å². The Bertz CT molecular complexity index is 401. The van der Waals surface area contributed by atoms with Crippen LogP contribution in [0.15, 0.2) is 24.3 Å². The number of likely N-dealkylation sites (tertiary alicyclic amines) is 1. The van der Waals surface area contributed by atoms with Crippen molar-refractivity contribution in [3.8, 4) is 11.8 Å². The molecule has 3 nitrogen and oxygen atoms in total. The van der Waals surface area contributed by atoms with Crippen LogP contribution >= 0.6 is 0 Å². The minimum Gasteiger partial charge on any atom is -0.494 e. The van der Waals surface area contributed by atoms with Crippen LogP contribution in [0.4, 0.5) is 0 Å². The molecule has 0 bridgehead atoms. The standard InChI is InChI=1S/C15H20N2O/c1-2-18-14-8-6-13(7-9-14)15(12-16)17-10-4-3-5-11-17/h6-9,15H,2-5,10-11H2,1H3. The minimum absolute atomic E-state index is 0.110. The topological polar surface area (TPSA) is 36.3 Å². The van der Waals surface area contributed by atoms with Crippen molar-refractivity contribution < 1.29 is 4.74 Å². The first-order valence-corrected chi connectivity index (χ1v) is 6.71. The Labute approximate surface area is 109 Å². The molecule has 0 amide bonds. The number of nitrogens with zero attached hydrogens (tertiary/aromatic N) is 2. The monoisotopic (exact) mass is 244 g/mol. The summed E-state index contributed by atoms with van der Waals surface area (Å²) in [5.41, 5.74) is 1.07. The van der Waals surface area contributed by atoms with Gasteiger partial charge < -0.3 is 4.74 Å². The summed E-state index contributed by atoms with van der Waals surface area (Å²) in [6.45, 7) is 4.71. The summed E-state index contributed by atoms with van der Waals surface area (Å²) in [7, 11) is 0. The molecule has 0 spiro atoms. The maximum Gasteiger partial charge on any atom is 0.123 e. The number of benzene rings is 1. The van der Waals surface area contributed by atoms with Crippen LogP contribution in [0, 0.1) is 11.3 Å². The molecule has 3 heteroatoms. The molecule has 0 aromatic heterocycles. The molecule has 1 aliphatic rings. The van der Waals surface area contributed by atoms with Gasteiger partial charge in [0.25, 0.3) is 0 Å². The summed E-state index contributed by atoms with van der Waals surface area (Å²) in [4.78, 5) is 2.28. The summed E-state index contributed by atoms with van der Waals surface area (Å²) in [5.74, 6) is 0.872. The Kier molecular flexibility index (Phi) is 4.60.